The lowest BCUT2D eigenvalue weighted by molar-refractivity contribution is 0.174. The van der Waals surface area contributed by atoms with Crippen LogP contribution in [-0.4, -0.2) is 17.0 Å². The first-order valence-electron chi connectivity index (χ1n) is 9.59. The number of benzene rings is 2. The number of rotatable bonds is 3. The van der Waals surface area contributed by atoms with Gasteiger partial charge in [-0.25, -0.2) is 0 Å². The molecule has 2 aromatic carbocycles. The van der Waals surface area contributed by atoms with Crippen LogP contribution in [0.1, 0.15) is 22.4 Å². The summed E-state index contributed by atoms with van der Waals surface area (Å²) in [6, 6.07) is 21.1. The number of hydrogen-bond donors (Lipinski definition) is 1. The summed E-state index contributed by atoms with van der Waals surface area (Å²) in [7, 11) is 0. The van der Waals surface area contributed by atoms with E-state index < -0.39 is 0 Å². The Hall–Kier alpha value is -3.31. The Morgan fingerprint density at radius 3 is 2.69 bits per heavy atom. The lowest BCUT2D eigenvalue weighted by Gasteiger charge is -2.34. The van der Waals surface area contributed by atoms with Gasteiger partial charge in [0.2, 0.25) is 6.79 Å². The van der Waals surface area contributed by atoms with Gasteiger partial charge in [0, 0.05) is 23.1 Å². The predicted octanol–water partition coefficient (Wildman–Crippen LogP) is 5.42. The highest BCUT2D eigenvalue weighted by atomic mass is 32.1. The maximum atomic E-state index is 5.67. The van der Waals surface area contributed by atoms with E-state index in [4.69, 9.17) is 9.47 Å². The van der Waals surface area contributed by atoms with Crippen LogP contribution in [0.4, 0.5) is 0 Å². The van der Waals surface area contributed by atoms with Gasteiger partial charge < -0.3 is 9.47 Å². The average Bonchev–Trinajstić information content (AvgIpc) is 3.53. The van der Waals surface area contributed by atoms with E-state index >= 15 is 0 Å². The second kappa shape index (κ2) is 6.36. The van der Waals surface area contributed by atoms with Gasteiger partial charge in [-0.05, 0) is 34.7 Å². The number of fused-ring (bicyclic) bond motifs is 2. The van der Waals surface area contributed by atoms with Gasteiger partial charge in [0.05, 0.1) is 4.88 Å². The van der Waals surface area contributed by atoms with Crippen molar-refractivity contribution in [3.8, 4) is 22.1 Å². The number of aromatic amines is 1. The number of allylic oxidation sites excluding steroid dienone is 1. The fraction of sp³-hybridized carbons (Fsp3) is 0.125. The summed E-state index contributed by atoms with van der Waals surface area (Å²) in [4.78, 5) is 1.18. The number of H-pyrrole nitrogens is 1. The molecule has 0 saturated carbocycles. The first kappa shape index (κ1) is 16.6. The minimum absolute atomic E-state index is 0.280. The van der Waals surface area contributed by atoms with Crippen LogP contribution < -0.4 is 9.47 Å². The predicted molar refractivity (Wildman–Crippen MR) is 114 cm³/mol. The van der Waals surface area contributed by atoms with Crippen molar-refractivity contribution in [2.24, 2.45) is 0 Å². The van der Waals surface area contributed by atoms with Crippen molar-refractivity contribution < 1.29 is 9.47 Å². The summed E-state index contributed by atoms with van der Waals surface area (Å²) < 4.78 is 11.2. The number of ether oxygens (including phenoxy) is 2. The van der Waals surface area contributed by atoms with Crippen LogP contribution in [0.15, 0.2) is 72.1 Å². The molecule has 4 aromatic rings. The quantitative estimate of drug-likeness (QED) is 0.501. The zero-order valence-electron chi connectivity index (χ0n) is 15.6. The molecule has 1 aliphatic carbocycles. The minimum Gasteiger partial charge on any atom is -0.454 e. The van der Waals surface area contributed by atoms with E-state index in [0.29, 0.717) is 0 Å². The highest BCUT2D eigenvalue weighted by molar-refractivity contribution is 7.13. The van der Waals surface area contributed by atoms with Crippen LogP contribution in [-0.2, 0) is 11.8 Å². The van der Waals surface area contributed by atoms with E-state index in [1.165, 1.54) is 21.6 Å². The summed E-state index contributed by atoms with van der Waals surface area (Å²) in [5, 5.41) is 10.0. The maximum absolute atomic E-state index is 5.67. The van der Waals surface area contributed by atoms with Crippen molar-refractivity contribution in [1.82, 2.24) is 10.2 Å². The molecule has 0 radical (unpaired) electrons. The molecule has 1 aliphatic heterocycles. The fourth-order valence-electron chi connectivity index (χ4n) is 4.34. The first-order valence-corrected chi connectivity index (χ1v) is 10.5. The molecule has 1 unspecified atom stereocenters. The molecule has 0 spiro atoms. The fourth-order valence-corrected chi connectivity index (χ4v) is 5.07. The number of thiophene rings is 1. The number of nitrogens with one attached hydrogen (secondary N) is 1. The monoisotopic (exact) mass is 398 g/mol. The van der Waals surface area contributed by atoms with Crippen LogP contribution in [0.3, 0.4) is 0 Å². The maximum Gasteiger partial charge on any atom is 0.231 e. The Morgan fingerprint density at radius 1 is 0.931 bits per heavy atom. The number of aromatic nitrogens is 2. The first-order chi connectivity index (χ1) is 14.3. The van der Waals surface area contributed by atoms with Crippen LogP contribution in [0.2, 0.25) is 0 Å². The lowest BCUT2D eigenvalue weighted by Crippen LogP contribution is -2.30. The molecule has 0 fully saturated rings. The van der Waals surface area contributed by atoms with Crippen molar-refractivity contribution in [2.45, 2.75) is 11.8 Å². The standard InChI is InChI=1S/C24H18N2O2S/c1-2-5-16(6-3-1)24(17-8-9-20-21(13-17)28-15-27-20)11-10-18-19(14-24)25-26-23(18)22-7-4-12-29-22/h1-13H,14-15H2,(H,25,26). The molecule has 5 heteroatoms. The Kier molecular flexibility index (Phi) is 3.64. The Balaban J connectivity index is 1.51. The topological polar surface area (TPSA) is 47.1 Å². The summed E-state index contributed by atoms with van der Waals surface area (Å²) in [5.74, 6) is 1.61. The molecule has 1 N–H and O–H groups in total. The summed E-state index contributed by atoms with van der Waals surface area (Å²) in [6.45, 7) is 0.280. The van der Waals surface area contributed by atoms with Crippen molar-refractivity contribution >= 4 is 17.4 Å². The van der Waals surface area contributed by atoms with E-state index in [1.54, 1.807) is 11.3 Å². The normalized spacial score (nSPS) is 19.3. The van der Waals surface area contributed by atoms with Crippen LogP contribution in [0.5, 0.6) is 11.5 Å². The second-order valence-electron chi connectivity index (χ2n) is 7.36. The van der Waals surface area contributed by atoms with Gasteiger partial charge in [-0.2, -0.15) is 5.10 Å². The van der Waals surface area contributed by atoms with Crippen molar-refractivity contribution in [1.29, 1.82) is 0 Å². The molecule has 6 rings (SSSR count). The summed E-state index contributed by atoms with van der Waals surface area (Å²) in [5.41, 5.74) is 5.49. The third kappa shape index (κ3) is 2.54. The molecule has 0 saturated heterocycles. The third-order valence-electron chi connectivity index (χ3n) is 5.80. The van der Waals surface area contributed by atoms with Gasteiger partial charge in [-0.15, -0.1) is 11.3 Å². The Bertz CT molecular complexity index is 1210. The van der Waals surface area contributed by atoms with Gasteiger partial charge in [-0.3, -0.25) is 5.10 Å². The van der Waals surface area contributed by atoms with E-state index in [2.05, 4.69) is 82.3 Å². The van der Waals surface area contributed by atoms with Gasteiger partial charge in [0.1, 0.15) is 5.69 Å². The molecule has 1 atom stereocenters. The highest BCUT2D eigenvalue weighted by Gasteiger charge is 2.37. The molecule has 4 nitrogen and oxygen atoms in total. The van der Waals surface area contributed by atoms with Gasteiger partial charge in [0.25, 0.3) is 0 Å². The molecule has 3 heterocycles. The Morgan fingerprint density at radius 2 is 1.83 bits per heavy atom. The minimum atomic E-state index is -0.297. The smallest absolute Gasteiger partial charge is 0.231 e. The lowest BCUT2D eigenvalue weighted by atomic mass is 9.68. The molecule has 142 valence electrons. The van der Waals surface area contributed by atoms with Crippen molar-refractivity contribution in [3.63, 3.8) is 0 Å². The third-order valence-corrected chi connectivity index (χ3v) is 6.68. The molecule has 2 aliphatic rings. The largest absolute Gasteiger partial charge is 0.454 e. The molecule has 0 amide bonds. The van der Waals surface area contributed by atoms with E-state index in [1.807, 2.05) is 6.07 Å². The van der Waals surface area contributed by atoms with Crippen LogP contribution in [0.25, 0.3) is 16.6 Å². The van der Waals surface area contributed by atoms with Crippen LogP contribution >= 0.6 is 11.3 Å². The van der Waals surface area contributed by atoms with Gasteiger partial charge in [0.15, 0.2) is 11.5 Å². The van der Waals surface area contributed by atoms with Gasteiger partial charge >= 0.3 is 0 Å². The summed E-state index contributed by atoms with van der Waals surface area (Å²) in [6.07, 6.45) is 5.34. The number of nitrogens with zero attached hydrogens (tertiary/aromatic N) is 1. The highest BCUT2D eigenvalue weighted by Crippen LogP contribution is 2.46. The average molecular weight is 398 g/mol. The van der Waals surface area contributed by atoms with E-state index in [0.717, 1.165) is 29.3 Å². The zero-order chi connectivity index (χ0) is 19.3. The Labute approximate surface area is 172 Å². The summed E-state index contributed by atoms with van der Waals surface area (Å²) >= 11 is 1.71. The second-order valence-corrected chi connectivity index (χ2v) is 8.30. The molecule has 0 bridgehead atoms. The van der Waals surface area contributed by atoms with Gasteiger partial charge in [-0.1, -0.05) is 54.6 Å². The van der Waals surface area contributed by atoms with Crippen molar-refractivity contribution in [2.75, 3.05) is 6.79 Å². The molecular weight excluding hydrogens is 380 g/mol. The van der Waals surface area contributed by atoms with Crippen molar-refractivity contribution in [3.05, 3.63) is 94.5 Å². The van der Waals surface area contributed by atoms with E-state index in [9.17, 15) is 0 Å². The molecular formula is C24H18N2O2S. The van der Waals surface area contributed by atoms with Crippen LogP contribution in [0, 0.1) is 0 Å². The molecule has 29 heavy (non-hydrogen) atoms. The molecule has 2 aromatic heterocycles. The SMILES string of the molecule is C1=CC(c2ccccc2)(c2ccc3c(c2)OCO3)Cc2[nH]nc(-c3cccs3)c21. The zero-order valence-corrected chi connectivity index (χ0v) is 16.4. The number of hydrogen-bond acceptors (Lipinski definition) is 4. The van der Waals surface area contributed by atoms with E-state index in [-0.39, 0.29) is 12.2 Å².